The Morgan fingerprint density at radius 2 is 1.97 bits per heavy atom. The van der Waals surface area contributed by atoms with Crippen LogP contribution >= 0.6 is 11.3 Å². The van der Waals surface area contributed by atoms with Gasteiger partial charge in [-0.1, -0.05) is 49.4 Å². The van der Waals surface area contributed by atoms with Gasteiger partial charge in [0.25, 0.3) is 5.91 Å². The predicted octanol–water partition coefficient (Wildman–Crippen LogP) is 5.28. The molecule has 8 heteroatoms. The van der Waals surface area contributed by atoms with E-state index in [0.29, 0.717) is 17.7 Å². The van der Waals surface area contributed by atoms with Gasteiger partial charge < -0.3 is 14.7 Å². The fourth-order valence-corrected chi connectivity index (χ4v) is 5.25. The molecule has 35 heavy (non-hydrogen) atoms. The number of hydrogen-bond acceptors (Lipinski definition) is 5. The number of thiophene rings is 1. The van der Waals surface area contributed by atoms with E-state index in [9.17, 15) is 23.5 Å². The van der Waals surface area contributed by atoms with E-state index in [0.717, 1.165) is 24.1 Å². The summed E-state index contributed by atoms with van der Waals surface area (Å²) in [5, 5.41) is 10.5. The molecule has 1 aromatic carbocycles. The number of halogens is 2. The van der Waals surface area contributed by atoms with E-state index in [1.165, 1.54) is 28.9 Å². The standard InChI is InChI=1S/C27H33F2NO4S/c1-19(8-6-11-20-9-4-3-5-10-20)23(31)15-13-21-18-27(28,29)26(33)30(21)17-7-12-22-14-16-24(35-22)25(32)34-2/h3-5,9-10,13-16,19,21,23,31H,6-8,11-12,17-18H2,1-2H3/b15-13+/t19-,21-,23?/m0/s1. The number of alkyl halides is 2. The number of nitrogens with zero attached hydrogens (tertiary/aromatic N) is 1. The number of carbonyl (C=O) groups is 2. The first-order valence-electron chi connectivity index (χ1n) is 12.0. The van der Waals surface area contributed by atoms with E-state index < -0.39 is 36.4 Å². The van der Waals surface area contributed by atoms with Crippen LogP contribution in [0.3, 0.4) is 0 Å². The zero-order valence-electron chi connectivity index (χ0n) is 20.2. The van der Waals surface area contributed by atoms with Gasteiger partial charge >= 0.3 is 11.9 Å². The van der Waals surface area contributed by atoms with E-state index >= 15 is 0 Å². The molecule has 3 rings (SSSR count). The van der Waals surface area contributed by atoms with Crippen molar-refractivity contribution in [1.29, 1.82) is 0 Å². The highest BCUT2D eigenvalue weighted by atomic mass is 32.1. The number of aliphatic hydroxyl groups is 1. The molecule has 5 nitrogen and oxygen atoms in total. The van der Waals surface area contributed by atoms with Gasteiger partial charge in [0.1, 0.15) is 4.88 Å². The molecule has 1 amide bonds. The minimum absolute atomic E-state index is 0.0242. The molecular weight excluding hydrogens is 472 g/mol. The van der Waals surface area contributed by atoms with Crippen molar-refractivity contribution < 1.29 is 28.2 Å². The van der Waals surface area contributed by atoms with Crippen LogP contribution in [-0.2, 0) is 22.4 Å². The average molecular weight is 506 g/mol. The Bertz CT molecular complexity index is 1010. The average Bonchev–Trinajstić information content (AvgIpc) is 3.40. The second-order valence-electron chi connectivity index (χ2n) is 9.07. The second kappa shape index (κ2) is 12.4. The quantitative estimate of drug-likeness (QED) is 0.315. The molecule has 1 fully saturated rings. The van der Waals surface area contributed by atoms with Crippen LogP contribution in [0.1, 0.15) is 52.7 Å². The molecule has 3 atom stereocenters. The lowest BCUT2D eigenvalue weighted by Crippen LogP contribution is -2.36. The number of carbonyl (C=O) groups excluding carboxylic acids is 2. The summed E-state index contributed by atoms with van der Waals surface area (Å²) in [6.07, 6.45) is 5.47. The van der Waals surface area contributed by atoms with Gasteiger partial charge in [-0.15, -0.1) is 11.3 Å². The largest absolute Gasteiger partial charge is 0.465 e. The molecule has 1 aromatic heterocycles. The van der Waals surface area contributed by atoms with Crippen molar-refractivity contribution in [2.24, 2.45) is 5.92 Å². The van der Waals surface area contributed by atoms with Crippen molar-refractivity contribution in [3.8, 4) is 0 Å². The molecule has 0 spiro atoms. The van der Waals surface area contributed by atoms with Gasteiger partial charge in [-0.25, -0.2) is 4.79 Å². The maximum Gasteiger partial charge on any atom is 0.348 e. The van der Waals surface area contributed by atoms with Gasteiger partial charge in [-0.05, 0) is 55.7 Å². The third-order valence-electron chi connectivity index (χ3n) is 6.39. The first-order chi connectivity index (χ1) is 16.7. The molecule has 0 saturated carbocycles. The number of aryl methyl sites for hydroxylation is 2. The minimum atomic E-state index is -3.40. The topological polar surface area (TPSA) is 66.8 Å². The minimum Gasteiger partial charge on any atom is -0.465 e. The number of likely N-dealkylation sites (tertiary alicyclic amines) is 1. The Balaban J connectivity index is 1.51. The Hall–Kier alpha value is -2.58. The van der Waals surface area contributed by atoms with Crippen LogP contribution in [0.25, 0.3) is 0 Å². The molecular formula is C27H33F2NO4S. The lowest BCUT2D eigenvalue weighted by Gasteiger charge is -2.22. The Labute approximate surface area is 209 Å². The van der Waals surface area contributed by atoms with Crippen LogP contribution in [0.15, 0.2) is 54.6 Å². The fraction of sp³-hybridized carbons (Fsp3) is 0.481. The molecule has 1 saturated heterocycles. The number of rotatable bonds is 12. The predicted molar refractivity (Wildman–Crippen MR) is 133 cm³/mol. The highest BCUT2D eigenvalue weighted by Crippen LogP contribution is 2.34. The van der Waals surface area contributed by atoms with E-state index in [2.05, 4.69) is 12.1 Å². The van der Waals surface area contributed by atoms with Crippen LogP contribution in [0.2, 0.25) is 0 Å². The Kier molecular flexibility index (Phi) is 9.57. The molecule has 0 aliphatic carbocycles. The summed E-state index contributed by atoms with van der Waals surface area (Å²) in [6.45, 7) is 2.12. The van der Waals surface area contributed by atoms with Crippen molar-refractivity contribution >= 4 is 23.2 Å². The summed E-state index contributed by atoms with van der Waals surface area (Å²) in [5.74, 6) is -5.00. The van der Waals surface area contributed by atoms with E-state index in [1.54, 1.807) is 18.2 Å². The third kappa shape index (κ3) is 7.45. The summed E-state index contributed by atoms with van der Waals surface area (Å²) in [6, 6.07) is 12.9. The molecule has 2 heterocycles. The van der Waals surface area contributed by atoms with Gasteiger partial charge in [0.15, 0.2) is 0 Å². The summed E-state index contributed by atoms with van der Waals surface area (Å²) in [4.78, 5) is 26.5. The summed E-state index contributed by atoms with van der Waals surface area (Å²) in [5.41, 5.74) is 1.25. The fourth-order valence-electron chi connectivity index (χ4n) is 4.28. The molecule has 190 valence electrons. The van der Waals surface area contributed by atoms with Gasteiger partial charge in [0.05, 0.1) is 19.3 Å². The number of amides is 1. The van der Waals surface area contributed by atoms with Crippen LogP contribution in [0.4, 0.5) is 8.78 Å². The van der Waals surface area contributed by atoms with Crippen molar-refractivity contribution in [1.82, 2.24) is 4.90 Å². The molecule has 2 aromatic rings. The van der Waals surface area contributed by atoms with E-state index in [4.69, 9.17) is 4.74 Å². The molecule has 1 aliphatic rings. The van der Waals surface area contributed by atoms with Crippen LogP contribution in [-0.4, -0.2) is 53.6 Å². The highest BCUT2D eigenvalue weighted by molar-refractivity contribution is 7.13. The lowest BCUT2D eigenvalue weighted by molar-refractivity contribution is -0.148. The number of hydrogen-bond donors (Lipinski definition) is 1. The molecule has 1 N–H and O–H groups in total. The molecule has 1 aliphatic heterocycles. The Morgan fingerprint density at radius 3 is 2.69 bits per heavy atom. The van der Waals surface area contributed by atoms with Crippen molar-refractivity contribution in [2.75, 3.05) is 13.7 Å². The number of methoxy groups -OCH3 is 1. The van der Waals surface area contributed by atoms with Crippen molar-refractivity contribution in [3.63, 3.8) is 0 Å². The van der Waals surface area contributed by atoms with Crippen molar-refractivity contribution in [3.05, 3.63) is 69.9 Å². The molecule has 0 bridgehead atoms. The summed E-state index contributed by atoms with van der Waals surface area (Å²) >= 11 is 1.30. The maximum absolute atomic E-state index is 14.2. The van der Waals surface area contributed by atoms with Gasteiger partial charge in [0, 0.05) is 17.8 Å². The first-order valence-corrected chi connectivity index (χ1v) is 12.8. The van der Waals surface area contributed by atoms with Gasteiger partial charge in [0.2, 0.25) is 0 Å². The monoisotopic (exact) mass is 505 g/mol. The first kappa shape index (κ1) is 27.0. The zero-order chi connectivity index (χ0) is 25.4. The van der Waals surface area contributed by atoms with E-state index in [-0.39, 0.29) is 12.5 Å². The van der Waals surface area contributed by atoms with Gasteiger partial charge in [-0.3, -0.25) is 4.79 Å². The summed E-state index contributed by atoms with van der Waals surface area (Å²) in [7, 11) is 1.32. The molecule has 1 unspecified atom stereocenters. The van der Waals surface area contributed by atoms with Crippen LogP contribution in [0.5, 0.6) is 0 Å². The second-order valence-corrected chi connectivity index (χ2v) is 10.2. The zero-order valence-corrected chi connectivity index (χ0v) is 21.0. The smallest absolute Gasteiger partial charge is 0.348 e. The van der Waals surface area contributed by atoms with E-state index in [1.807, 2.05) is 31.2 Å². The number of benzene rings is 1. The molecule has 0 radical (unpaired) electrons. The lowest BCUT2D eigenvalue weighted by atomic mass is 9.95. The number of aliphatic hydroxyl groups excluding tert-OH is 1. The Morgan fingerprint density at radius 1 is 1.23 bits per heavy atom. The normalized spacial score (nSPS) is 19.3. The van der Waals surface area contributed by atoms with Crippen LogP contribution < -0.4 is 0 Å². The number of esters is 1. The highest BCUT2D eigenvalue weighted by Gasteiger charge is 2.52. The third-order valence-corrected chi connectivity index (χ3v) is 7.52. The SMILES string of the molecule is COC(=O)c1ccc(CCCN2C(=O)C(F)(F)C[C@@H]2/C=C/C(O)[C@@H](C)CCCc2ccccc2)s1. The number of ether oxygens (including phenoxy) is 1. The van der Waals surface area contributed by atoms with Crippen molar-refractivity contribution in [2.45, 2.75) is 63.5 Å². The van der Waals surface area contributed by atoms with Crippen LogP contribution in [0, 0.1) is 5.92 Å². The maximum atomic E-state index is 14.2. The van der Waals surface area contributed by atoms with Gasteiger partial charge in [-0.2, -0.15) is 8.78 Å². The summed E-state index contributed by atoms with van der Waals surface area (Å²) < 4.78 is 33.1.